The van der Waals surface area contributed by atoms with Crippen LogP contribution in [0.5, 0.6) is 5.88 Å². The number of allylic oxidation sites excluding steroid dienone is 1. The smallest absolute Gasteiger partial charge is 0.328 e. The Morgan fingerprint density at radius 1 is 1.14 bits per heavy atom. The van der Waals surface area contributed by atoms with Crippen LogP contribution in [0, 0.1) is 0 Å². The normalized spacial score (nSPS) is 15.3. The molecule has 1 aliphatic rings. The topological polar surface area (TPSA) is 111 Å². The third-order valence-corrected chi connectivity index (χ3v) is 3.26. The lowest BCUT2D eigenvalue weighted by Gasteiger charge is -2.03. The highest BCUT2D eigenvalue weighted by Crippen LogP contribution is 2.19. The van der Waals surface area contributed by atoms with Crippen LogP contribution in [0.2, 0.25) is 5.02 Å². The Balaban J connectivity index is 2.07. The van der Waals surface area contributed by atoms with Crippen LogP contribution in [0.1, 0.15) is 11.1 Å². The zero-order valence-electron chi connectivity index (χ0n) is 11.0. The summed E-state index contributed by atoms with van der Waals surface area (Å²) in [5.74, 6) is -0.517. The number of aromatic nitrogens is 2. The summed E-state index contributed by atoms with van der Waals surface area (Å²) in [5, 5.41) is 18.1. The van der Waals surface area contributed by atoms with Gasteiger partial charge in [0.25, 0.3) is 5.56 Å². The standard InChI is InChI=1S/C14H9ClN4O3/c15-9-3-1-7(2-4-9)11-8(6-16-19-11)5-10-12(20)17-14(22)18-13(10)21/h1-6H,(H3,17,18,20,21,22)/b8-5+. The van der Waals surface area contributed by atoms with Gasteiger partial charge in [-0.1, -0.05) is 23.7 Å². The van der Waals surface area contributed by atoms with E-state index >= 15 is 0 Å². The first-order chi connectivity index (χ1) is 10.5. The monoisotopic (exact) mass is 316 g/mol. The molecule has 3 rings (SSSR count). The SMILES string of the molecule is O=c1[nH]c(O)c(/C=C2\C=NN=C2c2ccc(Cl)cc2)c(=O)[nH]1. The fourth-order valence-corrected chi connectivity index (χ4v) is 2.10. The van der Waals surface area contributed by atoms with Crippen molar-refractivity contribution in [3.63, 3.8) is 0 Å². The Kier molecular flexibility index (Phi) is 3.48. The van der Waals surface area contributed by atoms with E-state index < -0.39 is 17.1 Å². The molecule has 8 heteroatoms. The molecular formula is C14H9ClN4O3. The number of hydrogen-bond donors (Lipinski definition) is 3. The molecule has 0 aliphatic carbocycles. The maximum atomic E-state index is 11.8. The molecule has 110 valence electrons. The van der Waals surface area contributed by atoms with Gasteiger partial charge in [-0.25, -0.2) is 4.79 Å². The minimum Gasteiger partial charge on any atom is -0.494 e. The van der Waals surface area contributed by atoms with Crippen LogP contribution in [0.4, 0.5) is 0 Å². The molecule has 3 N–H and O–H groups in total. The second-order valence-corrected chi connectivity index (χ2v) is 4.91. The number of H-pyrrole nitrogens is 2. The molecule has 0 atom stereocenters. The highest BCUT2D eigenvalue weighted by Gasteiger charge is 2.15. The van der Waals surface area contributed by atoms with Gasteiger partial charge >= 0.3 is 5.69 Å². The highest BCUT2D eigenvalue weighted by molar-refractivity contribution is 6.31. The van der Waals surface area contributed by atoms with E-state index in [2.05, 4.69) is 15.2 Å². The Hall–Kier alpha value is -2.93. The number of hydrogen-bond acceptors (Lipinski definition) is 5. The number of nitrogens with zero attached hydrogens (tertiary/aromatic N) is 2. The van der Waals surface area contributed by atoms with Gasteiger partial charge in [0.2, 0.25) is 5.88 Å². The second kappa shape index (κ2) is 5.45. The molecule has 1 aliphatic heterocycles. The average Bonchev–Trinajstić information content (AvgIpc) is 2.92. The molecule has 0 fully saturated rings. The molecule has 7 nitrogen and oxygen atoms in total. The molecular weight excluding hydrogens is 308 g/mol. The number of rotatable bonds is 2. The molecule has 0 saturated heterocycles. The minimum atomic E-state index is -0.781. The summed E-state index contributed by atoms with van der Waals surface area (Å²) in [6.07, 6.45) is 2.85. The lowest BCUT2D eigenvalue weighted by atomic mass is 10.0. The maximum absolute atomic E-state index is 11.8. The van der Waals surface area contributed by atoms with E-state index in [0.29, 0.717) is 16.3 Å². The van der Waals surface area contributed by atoms with Crippen molar-refractivity contribution < 1.29 is 5.11 Å². The van der Waals surface area contributed by atoms with Gasteiger partial charge in [0.05, 0.1) is 6.21 Å². The second-order valence-electron chi connectivity index (χ2n) is 4.47. The molecule has 0 unspecified atom stereocenters. The molecule has 0 amide bonds. The molecule has 0 saturated carbocycles. The van der Waals surface area contributed by atoms with Gasteiger partial charge in [0, 0.05) is 16.2 Å². The van der Waals surface area contributed by atoms with Crippen molar-refractivity contribution in [3.8, 4) is 5.88 Å². The van der Waals surface area contributed by atoms with Crippen LogP contribution in [0.15, 0.2) is 49.6 Å². The van der Waals surface area contributed by atoms with Crippen LogP contribution >= 0.6 is 11.6 Å². The number of aromatic amines is 2. The van der Waals surface area contributed by atoms with Crippen LogP contribution in [0.25, 0.3) is 6.08 Å². The van der Waals surface area contributed by atoms with Crippen molar-refractivity contribution in [2.45, 2.75) is 0 Å². The first kappa shape index (κ1) is 14.0. The third-order valence-electron chi connectivity index (χ3n) is 3.00. The van der Waals surface area contributed by atoms with E-state index in [4.69, 9.17) is 11.6 Å². The van der Waals surface area contributed by atoms with Crippen molar-refractivity contribution in [3.05, 3.63) is 66.8 Å². The lowest BCUT2D eigenvalue weighted by molar-refractivity contribution is 0.447. The van der Waals surface area contributed by atoms with E-state index in [-0.39, 0.29) is 5.56 Å². The van der Waals surface area contributed by atoms with Crippen LogP contribution < -0.4 is 11.2 Å². The Bertz CT molecular complexity index is 936. The highest BCUT2D eigenvalue weighted by atomic mass is 35.5. The van der Waals surface area contributed by atoms with E-state index in [0.717, 1.165) is 5.56 Å². The van der Waals surface area contributed by atoms with Gasteiger partial charge in [-0.15, -0.1) is 5.10 Å². The molecule has 2 aromatic rings. The van der Waals surface area contributed by atoms with Crippen LogP contribution in [-0.4, -0.2) is 27.0 Å². The van der Waals surface area contributed by atoms with Gasteiger partial charge < -0.3 is 5.11 Å². The van der Waals surface area contributed by atoms with Gasteiger partial charge in [0.15, 0.2) is 0 Å². The lowest BCUT2D eigenvalue weighted by Crippen LogP contribution is -2.23. The van der Waals surface area contributed by atoms with Gasteiger partial charge in [-0.3, -0.25) is 14.8 Å². The van der Waals surface area contributed by atoms with E-state index in [9.17, 15) is 14.7 Å². The van der Waals surface area contributed by atoms with Crippen molar-refractivity contribution in [1.82, 2.24) is 9.97 Å². The summed E-state index contributed by atoms with van der Waals surface area (Å²) in [6.45, 7) is 0. The summed E-state index contributed by atoms with van der Waals surface area (Å²) in [4.78, 5) is 27.0. The fourth-order valence-electron chi connectivity index (χ4n) is 1.98. The Morgan fingerprint density at radius 3 is 2.55 bits per heavy atom. The molecule has 0 bridgehead atoms. The predicted molar refractivity (Wildman–Crippen MR) is 83.8 cm³/mol. The van der Waals surface area contributed by atoms with Crippen molar-refractivity contribution in [1.29, 1.82) is 0 Å². The summed E-state index contributed by atoms with van der Waals surface area (Å²) in [6, 6.07) is 6.94. The Morgan fingerprint density at radius 2 is 1.86 bits per heavy atom. The molecule has 0 radical (unpaired) electrons. The average molecular weight is 317 g/mol. The van der Waals surface area contributed by atoms with Crippen LogP contribution in [-0.2, 0) is 0 Å². The largest absolute Gasteiger partial charge is 0.494 e. The van der Waals surface area contributed by atoms with Crippen LogP contribution in [0.3, 0.4) is 0 Å². The predicted octanol–water partition coefficient (Wildman–Crippen LogP) is 1.29. The number of nitrogens with one attached hydrogen (secondary N) is 2. The fraction of sp³-hybridized carbons (Fsp3) is 0. The summed E-state index contributed by atoms with van der Waals surface area (Å²) in [7, 11) is 0. The zero-order chi connectivity index (χ0) is 15.7. The number of aromatic hydroxyl groups is 1. The molecule has 0 spiro atoms. The summed E-state index contributed by atoms with van der Waals surface area (Å²) >= 11 is 5.84. The third kappa shape index (κ3) is 2.61. The van der Waals surface area contributed by atoms with Crippen molar-refractivity contribution >= 4 is 29.6 Å². The number of halogens is 1. The summed E-state index contributed by atoms with van der Waals surface area (Å²) < 4.78 is 0. The van der Waals surface area contributed by atoms with E-state index in [1.165, 1.54) is 12.3 Å². The van der Waals surface area contributed by atoms with Gasteiger partial charge in [0.1, 0.15) is 11.3 Å². The minimum absolute atomic E-state index is 0.0791. The van der Waals surface area contributed by atoms with Gasteiger partial charge in [-0.05, 0) is 18.2 Å². The van der Waals surface area contributed by atoms with E-state index in [1.807, 2.05) is 4.98 Å². The van der Waals surface area contributed by atoms with E-state index in [1.54, 1.807) is 24.3 Å². The molecule has 1 aromatic heterocycles. The summed E-state index contributed by atoms with van der Waals surface area (Å²) in [5.41, 5.74) is 0.246. The molecule has 2 heterocycles. The zero-order valence-corrected chi connectivity index (χ0v) is 11.8. The number of benzene rings is 1. The molecule has 22 heavy (non-hydrogen) atoms. The van der Waals surface area contributed by atoms with Crippen molar-refractivity contribution in [2.24, 2.45) is 10.2 Å². The Labute approximate surface area is 128 Å². The quantitative estimate of drug-likeness (QED) is 0.776. The molecule has 1 aromatic carbocycles. The first-order valence-corrected chi connectivity index (χ1v) is 6.57. The maximum Gasteiger partial charge on any atom is 0.328 e. The van der Waals surface area contributed by atoms with Gasteiger partial charge in [-0.2, -0.15) is 5.10 Å². The first-order valence-electron chi connectivity index (χ1n) is 6.19. The van der Waals surface area contributed by atoms with Crippen molar-refractivity contribution in [2.75, 3.05) is 0 Å².